The molecular weight excluding hydrogens is 373 g/mol. The molecule has 0 aliphatic rings. The third-order valence-electron chi connectivity index (χ3n) is 2.63. The second kappa shape index (κ2) is 6.00. The van der Waals surface area contributed by atoms with Crippen LogP contribution in [0.4, 0.5) is 0 Å². The predicted molar refractivity (Wildman–Crippen MR) is 82.8 cm³/mol. The number of ether oxygens (including phenoxy) is 1. The van der Waals surface area contributed by atoms with Crippen molar-refractivity contribution in [3.63, 3.8) is 0 Å². The normalized spacial score (nSPS) is 10.2. The van der Waals surface area contributed by atoms with Gasteiger partial charge in [-0.1, -0.05) is 12.7 Å². The lowest BCUT2D eigenvalue weighted by molar-refractivity contribution is 0.0693. The lowest BCUT2D eigenvalue weighted by atomic mass is 10.1. The first kappa shape index (κ1) is 14.4. The molecule has 0 bridgehead atoms. The number of aromatic nitrogens is 1. The minimum atomic E-state index is -1.21. The summed E-state index contributed by atoms with van der Waals surface area (Å²) in [5.74, 6) is -1.10. The van der Waals surface area contributed by atoms with Gasteiger partial charge in [-0.25, -0.2) is 4.79 Å². The molecule has 2 rings (SSSR count). The molecule has 0 atom stereocenters. The van der Waals surface area contributed by atoms with Gasteiger partial charge in [0.05, 0.1) is 3.57 Å². The Balaban J connectivity index is 2.67. The molecule has 1 aromatic heterocycles. The molecular formula is C14H12INO4. The van der Waals surface area contributed by atoms with E-state index in [0.717, 1.165) is 0 Å². The van der Waals surface area contributed by atoms with Gasteiger partial charge in [-0.2, -0.15) is 0 Å². The number of aromatic carboxylic acids is 1. The number of carboxylic acids is 1. The lowest BCUT2D eigenvalue weighted by Crippen LogP contribution is -2.06. The molecule has 1 aromatic carbocycles. The number of phenols is 1. The Hall–Kier alpha value is -1.96. The van der Waals surface area contributed by atoms with E-state index >= 15 is 0 Å². The Morgan fingerprint density at radius 3 is 2.65 bits per heavy atom. The maximum absolute atomic E-state index is 11.2. The summed E-state index contributed by atoms with van der Waals surface area (Å²) in [5.41, 5.74) is 0.407. The molecule has 0 saturated carbocycles. The predicted octanol–water partition coefficient (Wildman–Crippen LogP) is 3.05. The summed E-state index contributed by atoms with van der Waals surface area (Å²) in [6, 6.07) is 4.98. The number of carboxylic acid groups (broad SMARTS) is 1. The number of rotatable bonds is 5. The molecule has 6 heteroatoms. The Morgan fingerprint density at radius 1 is 1.45 bits per heavy atom. The molecule has 0 spiro atoms. The van der Waals surface area contributed by atoms with Gasteiger partial charge in [-0.15, -0.1) is 0 Å². The Morgan fingerprint density at radius 2 is 2.10 bits per heavy atom. The van der Waals surface area contributed by atoms with Crippen molar-refractivity contribution in [2.75, 3.05) is 6.61 Å². The van der Waals surface area contributed by atoms with E-state index in [0.29, 0.717) is 15.0 Å². The second-order valence-corrected chi connectivity index (χ2v) is 5.01. The Labute approximate surface area is 129 Å². The zero-order valence-corrected chi connectivity index (χ0v) is 12.6. The first-order valence-electron chi connectivity index (χ1n) is 5.72. The van der Waals surface area contributed by atoms with E-state index in [1.807, 2.05) is 34.7 Å². The van der Waals surface area contributed by atoms with Crippen LogP contribution < -0.4 is 4.74 Å². The molecule has 104 valence electrons. The highest BCUT2D eigenvalue weighted by molar-refractivity contribution is 14.1. The van der Waals surface area contributed by atoms with Crippen molar-refractivity contribution in [2.45, 2.75) is 0 Å². The number of benzene rings is 1. The minimum Gasteiger partial charge on any atom is -0.506 e. The summed E-state index contributed by atoms with van der Waals surface area (Å²) in [7, 11) is 0. The van der Waals surface area contributed by atoms with E-state index in [9.17, 15) is 9.90 Å². The van der Waals surface area contributed by atoms with Gasteiger partial charge in [0, 0.05) is 18.5 Å². The molecule has 0 amide bonds. The highest BCUT2D eigenvalue weighted by Gasteiger charge is 2.21. The lowest BCUT2D eigenvalue weighted by Gasteiger charge is -2.16. The van der Waals surface area contributed by atoms with Crippen molar-refractivity contribution < 1.29 is 19.7 Å². The van der Waals surface area contributed by atoms with Gasteiger partial charge in [0.15, 0.2) is 0 Å². The van der Waals surface area contributed by atoms with E-state index in [-0.39, 0.29) is 17.9 Å². The summed E-state index contributed by atoms with van der Waals surface area (Å²) in [6.45, 7) is 3.81. The molecule has 20 heavy (non-hydrogen) atoms. The third-order valence-corrected chi connectivity index (χ3v) is 3.65. The largest absolute Gasteiger partial charge is 0.506 e. The molecule has 1 heterocycles. The fourth-order valence-electron chi connectivity index (χ4n) is 1.75. The molecule has 2 N–H and O–H groups in total. The number of nitrogens with zero attached hydrogens (tertiary/aromatic N) is 1. The van der Waals surface area contributed by atoms with E-state index in [4.69, 9.17) is 9.84 Å². The van der Waals surface area contributed by atoms with Crippen LogP contribution in [0.25, 0.3) is 5.69 Å². The monoisotopic (exact) mass is 385 g/mol. The zero-order valence-electron chi connectivity index (χ0n) is 10.4. The van der Waals surface area contributed by atoms with Crippen LogP contribution in [0.1, 0.15) is 10.4 Å². The van der Waals surface area contributed by atoms with E-state index in [2.05, 4.69) is 6.58 Å². The smallest absolute Gasteiger partial charge is 0.339 e. The molecule has 2 aromatic rings. The molecule has 0 unspecified atom stereocenters. The number of halogens is 1. The number of carbonyl (C=O) groups is 1. The Kier molecular flexibility index (Phi) is 4.33. The maximum atomic E-state index is 11.2. The second-order valence-electron chi connectivity index (χ2n) is 3.93. The molecule has 0 fully saturated rings. The third kappa shape index (κ3) is 2.64. The summed E-state index contributed by atoms with van der Waals surface area (Å²) in [5, 5.41) is 19.1. The average molecular weight is 385 g/mol. The number of hydrogen-bond donors (Lipinski definition) is 2. The molecule has 5 nitrogen and oxygen atoms in total. The van der Waals surface area contributed by atoms with Crippen LogP contribution in [-0.2, 0) is 0 Å². The summed E-state index contributed by atoms with van der Waals surface area (Å²) in [4.78, 5) is 11.2. The van der Waals surface area contributed by atoms with Crippen LogP contribution in [0, 0.1) is 3.57 Å². The van der Waals surface area contributed by atoms with Crippen molar-refractivity contribution >= 4 is 28.6 Å². The van der Waals surface area contributed by atoms with E-state index in [1.165, 1.54) is 6.07 Å². The first-order valence-corrected chi connectivity index (χ1v) is 6.80. The topological polar surface area (TPSA) is 71.7 Å². The van der Waals surface area contributed by atoms with Crippen LogP contribution in [-0.4, -0.2) is 27.4 Å². The highest BCUT2D eigenvalue weighted by Crippen LogP contribution is 2.37. The van der Waals surface area contributed by atoms with Crippen molar-refractivity contribution in [1.29, 1.82) is 0 Å². The summed E-state index contributed by atoms with van der Waals surface area (Å²) < 4.78 is 7.69. The maximum Gasteiger partial charge on any atom is 0.339 e. The van der Waals surface area contributed by atoms with Gasteiger partial charge < -0.3 is 19.5 Å². The fourth-order valence-corrected chi connectivity index (χ4v) is 2.59. The SMILES string of the molecule is C=CCOc1cc(C(=O)O)c(O)c(I)c1-n1cccc1. The minimum absolute atomic E-state index is 0.190. The highest BCUT2D eigenvalue weighted by atomic mass is 127. The quantitative estimate of drug-likeness (QED) is 0.613. The van der Waals surface area contributed by atoms with E-state index in [1.54, 1.807) is 23.0 Å². The fraction of sp³-hybridized carbons (Fsp3) is 0.0714. The van der Waals surface area contributed by atoms with Crippen molar-refractivity contribution in [2.24, 2.45) is 0 Å². The van der Waals surface area contributed by atoms with Gasteiger partial charge in [-0.05, 0) is 34.7 Å². The van der Waals surface area contributed by atoms with Crippen molar-refractivity contribution in [3.8, 4) is 17.2 Å². The molecule has 0 radical (unpaired) electrons. The van der Waals surface area contributed by atoms with E-state index < -0.39 is 5.97 Å². The van der Waals surface area contributed by atoms with Crippen LogP contribution in [0.3, 0.4) is 0 Å². The first-order chi connectivity index (χ1) is 9.56. The van der Waals surface area contributed by atoms with Crippen molar-refractivity contribution in [1.82, 2.24) is 4.57 Å². The summed E-state index contributed by atoms with van der Waals surface area (Å²) >= 11 is 1.90. The van der Waals surface area contributed by atoms with Crippen LogP contribution in [0.5, 0.6) is 11.5 Å². The van der Waals surface area contributed by atoms with Crippen molar-refractivity contribution in [3.05, 3.63) is 52.4 Å². The van der Waals surface area contributed by atoms with Gasteiger partial charge in [-0.3, -0.25) is 0 Å². The molecule has 0 aliphatic heterocycles. The van der Waals surface area contributed by atoms with Crippen LogP contribution in [0.15, 0.2) is 43.2 Å². The number of hydrogen-bond acceptors (Lipinski definition) is 3. The average Bonchev–Trinajstić information content (AvgIpc) is 2.93. The van der Waals surface area contributed by atoms with Crippen LogP contribution >= 0.6 is 22.6 Å². The van der Waals surface area contributed by atoms with Gasteiger partial charge in [0.1, 0.15) is 29.4 Å². The molecule has 0 aliphatic carbocycles. The van der Waals surface area contributed by atoms with Gasteiger partial charge in [0.2, 0.25) is 0 Å². The van der Waals surface area contributed by atoms with Gasteiger partial charge in [0.25, 0.3) is 0 Å². The Bertz CT molecular complexity index is 650. The number of aromatic hydroxyl groups is 1. The zero-order chi connectivity index (χ0) is 14.7. The van der Waals surface area contributed by atoms with Gasteiger partial charge >= 0.3 is 5.97 Å². The standard InChI is InChI=1S/C14H12INO4/c1-2-7-20-10-8-9(14(18)19)13(17)11(15)12(10)16-5-3-4-6-16/h2-6,8,17H,1,7H2,(H,18,19). The van der Waals surface area contributed by atoms with Crippen LogP contribution in [0.2, 0.25) is 0 Å². The summed E-state index contributed by atoms with van der Waals surface area (Å²) in [6.07, 6.45) is 5.15. The molecule has 0 saturated heterocycles.